The normalized spacial score (nSPS) is 19.7. The number of aryl methyl sites for hydroxylation is 1. The van der Waals surface area contributed by atoms with Gasteiger partial charge in [0.1, 0.15) is 5.76 Å². The van der Waals surface area contributed by atoms with Crippen LogP contribution < -0.4 is 4.90 Å². The van der Waals surface area contributed by atoms with Gasteiger partial charge < -0.3 is 9.32 Å². The summed E-state index contributed by atoms with van der Waals surface area (Å²) in [6, 6.07) is 0.384. The Kier molecular flexibility index (Phi) is 3.33. The molecule has 2 amide bonds. The maximum Gasteiger partial charge on any atom is 0.324 e. The minimum absolute atomic E-state index is 0.0408. The van der Waals surface area contributed by atoms with Crippen LogP contribution in [-0.2, 0) is 6.54 Å². The van der Waals surface area contributed by atoms with Crippen LogP contribution >= 0.6 is 0 Å². The van der Waals surface area contributed by atoms with Crippen LogP contribution in [0, 0.1) is 6.92 Å². The smallest absolute Gasteiger partial charge is 0.324 e. The van der Waals surface area contributed by atoms with E-state index in [0.29, 0.717) is 6.04 Å². The van der Waals surface area contributed by atoms with Crippen molar-refractivity contribution in [3.63, 3.8) is 0 Å². The first kappa shape index (κ1) is 14.3. The molecule has 0 aliphatic carbocycles. The van der Waals surface area contributed by atoms with E-state index in [4.69, 9.17) is 4.42 Å². The number of hydrogen-bond acceptors (Lipinski definition) is 5. The Morgan fingerprint density at radius 3 is 2.78 bits per heavy atom. The molecule has 0 saturated carbocycles. The summed E-state index contributed by atoms with van der Waals surface area (Å²) in [5.74, 6) is 1.60. The van der Waals surface area contributed by atoms with Crippen LogP contribution in [0.3, 0.4) is 0 Å². The van der Waals surface area contributed by atoms with Gasteiger partial charge in [0.2, 0.25) is 5.89 Å². The second kappa shape index (κ2) is 5.38. The van der Waals surface area contributed by atoms with Crippen LogP contribution in [0.5, 0.6) is 0 Å². The average Bonchev–Trinajstić information content (AvgIpc) is 3.17. The highest BCUT2D eigenvalue weighted by molar-refractivity contribution is 5.93. The van der Waals surface area contributed by atoms with Gasteiger partial charge in [-0.05, 0) is 6.92 Å². The van der Waals surface area contributed by atoms with Gasteiger partial charge in [-0.15, -0.1) is 0 Å². The van der Waals surface area contributed by atoms with E-state index < -0.39 is 0 Å². The molecule has 23 heavy (non-hydrogen) atoms. The van der Waals surface area contributed by atoms with E-state index in [1.54, 1.807) is 22.2 Å². The number of carbonyl (C=O) groups excluding carboxylic acids is 1. The van der Waals surface area contributed by atoms with Gasteiger partial charge in [0.15, 0.2) is 0 Å². The van der Waals surface area contributed by atoms with Crippen LogP contribution in [0.15, 0.2) is 23.0 Å². The van der Waals surface area contributed by atoms with Gasteiger partial charge in [-0.2, -0.15) is 5.10 Å². The van der Waals surface area contributed by atoms with Gasteiger partial charge >= 0.3 is 6.03 Å². The van der Waals surface area contributed by atoms with Crippen molar-refractivity contribution in [1.29, 1.82) is 0 Å². The number of carbonyl (C=O) groups is 1. The van der Waals surface area contributed by atoms with Crippen LogP contribution in [0.2, 0.25) is 0 Å². The number of rotatable bonds is 4. The van der Waals surface area contributed by atoms with Gasteiger partial charge in [-0.3, -0.25) is 14.5 Å². The molecule has 0 radical (unpaired) electrons. The van der Waals surface area contributed by atoms with E-state index >= 15 is 0 Å². The lowest BCUT2D eigenvalue weighted by Crippen LogP contribution is -2.47. The summed E-state index contributed by atoms with van der Waals surface area (Å²) >= 11 is 0. The lowest BCUT2D eigenvalue weighted by molar-refractivity contribution is 0.0812. The third kappa shape index (κ3) is 2.59. The van der Waals surface area contributed by atoms with Crippen molar-refractivity contribution in [2.24, 2.45) is 0 Å². The highest BCUT2D eigenvalue weighted by Gasteiger charge is 2.32. The molecule has 2 aromatic rings. The average molecular weight is 316 g/mol. The second-order valence-electron chi connectivity index (χ2n) is 6.25. The summed E-state index contributed by atoms with van der Waals surface area (Å²) in [6.45, 7) is 5.94. The molecular formula is C15H20N6O2. The molecule has 0 unspecified atom stereocenters. The van der Waals surface area contributed by atoms with Crippen molar-refractivity contribution in [2.75, 3.05) is 38.1 Å². The largest absolute Gasteiger partial charge is 0.445 e. The van der Waals surface area contributed by atoms with E-state index in [2.05, 4.69) is 15.0 Å². The summed E-state index contributed by atoms with van der Waals surface area (Å²) in [5.41, 5.74) is 0.876. The van der Waals surface area contributed by atoms with E-state index in [-0.39, 0.29) is 6.03 Å². The topological polar surface area (TPSA) is 70.6 Å². The Morgan fingerprint density at radius 1 is 1.30 bits per heavy atom. The maximum atomic E-state index is 12.0. The fourth-order valence-corrected chi connectivity index (χ4v) is 3.06. The van der Waals surface area contributed by atoms with Gasteiger partial charge in [0.05, 0.1) is 30.7 Å². The van der Waals surface area contributed by atoms with Crippen molar-refractivity contribution >= 4 is 11.7 Å². The van der Waals surface area contributed by atoms with E-state index in [1.807, 2.05) is 24.9 Å². The number of hydrogen-bond donors (Lipinski definition) is 0. The van der Waals surface area contributed by atoms with E-state index in [9.17, 15) is 4.79 Å². The number of urea groups is 1. The molecule has 8 nitrogen and oxygen atoms in total. The first-order valence-electron chi connectivity index (χ1n) is 7.80. The Labute approximate surface area is 134 Å². The molecule has 2 fully saturated rings. The molecule has 0 atom stereocenters. The monoisotopic (exact) mass is 316 g/mol. The molecule has 4 heterocycles. The Morgan fingerprint density at radius 2 is 2.13 bits per heavy atom. The summed E-state index contributed by atoms with van der Waals surface area (Å²) < 4.78 is 7.46. The Hall–Kier alpha value is -2.35. The summed E-state index contributed by atoms with van der Waals surface area (Å²) in [6.07, 6.45) is 5.49. The molecule has 2 aliphatic heterocycles. The van der Waals surface area contributed by atoms with Crippen molar-refractivity contribution < 1.29 is 9.21 Å². The fourth-order valence-electron chi connectivity index (χ4n) is 3.06. The van der Waals surface area contributed by atoms with Crippen molar-refractivity contribution in [3.8, 4) is 0 Å². The molecule has 0 bridgehead atoms. The molecule has 2 aliphatic rings. The highest BCUT2D eigenvalue weighted by Crippen LogP contribution is 2.26. The SMILES string of the molecule is Cc1cnc(CN2CC(n3cc(N4CCN(C)C4=O)cn3)C2)o1. The van der Waals surface area contributed by atoms with Crippen LogP contribution in [-0.4, -0.2) is 63.8 Å². The van der Waals surface area contributed by atoms with Gasteiger partial charge in [0, 0.05) is 39.4 Å². The summed E-state index contributed by atoms with van der Waals surface area (Å²) in [7, 11) is 1.82. The molecule has 122 valence electrons. The maximum absolute atomic E-state index is 12.0. The summed E-state index contributed by atoms with van der Waals surface area (Å²) in [4.78, 5) is 22.0. The molecule has 2 aromatic heterocycles. The molecule has 0 N–H and O–H groups in total. The first-order valence-corrected chi connectivity index (χ1v) is 7.80. The molecule has 0 spiro atoms. The number of likely N-dealkylation sites (N-methyl/N-ethyl adjacent to an activating group) is 1. The lowest BCUT2D eigenvalue weighted by atomic mass is 10.1. The number of oxazole rings is 1. The van der Waals surface area contributed by atoms with Crippen molar-refractivity contribution in [1.82, 2.24) is 24.6 Å². The third-order valence-electron chi connectivity index (χ3n) is 4.46. The van der Waals surface area contributed by atoms with E-state index in [0.717, 1.165) is 50.1 Å². The van der Waals surface area contributed by atoms with Crippen LogP contribution in [0.4, 0.5) is 10.5 Å². The molecule has 4 rings (SSSR count). The Balaban J connectivity index is 1.35. The number of likely N-dealkylation sites (tertiary alicyclic amines) is 1. The first-order chi connectivity index (χ1) is 11.1. The molecule has 2 saturated heterocycles. The van der Waals surface area contributed by atoms with Crippen molar-refractivity contribution in [3.05, 3.63) is 30.2 Å². The standard InChI is InChI=1S/C15H20N6O2/c1-11-5-16-14(23-11)10-19-7-13(8-19)21-9-12(6-17-21)20-4-3-18(2)15(20)22/h5-6,9,13H,3-4,7-8,10H2,1-2H3. The third-order valence-corrected chi connectivity index (χ3v) is 4.46. The van der Waals surface area contributed by atoms with Gasteiger partial charge in [-0.25, -0.2) is 9.78 Å². The predicted molar refractivity (Wildman–Crippen MR) is 83.2 cm³/mol. The quantitative estimate of drug-likeness (QED) is 0.845. The Bertz CT molecular complexity index is 717. The summed E-state index contributed by atoms with van der Waals surface area (Å²) in [5, 5.41) is 4.43. The van der Waals surface area contributed by atoms with Crippen molar-refractivity contribution in [2.45, 2.75) is 19.5 Å². The molecular weight excluding hydrogens is 296 g/mol. The van der Waals surface area contributed by atoms with E-state index in [1.165, 1.54) is 0 Å². The minimum Gasteiger partial charge on any atom is -0.445 e. The van der Waals surface area contributed by atoms with Gasteiger partial charge in [0.25, 0.3) is 0 Å². The zero-order valence-corrected chi connectivity index (χ0v) is 13.3. The highest BCUT2D eigenvalue weighted by atomic mass is 16.4. The zero-order valence-electron chi connectivity index (χ0n) is 13.3. The lowest BCUT2D eigenvalue weighted by Gasteiger charge is -2.38. The predicted octanol–water partition coefficient (Wildman–Crippen LogP) is 1.11. The zero-order chi connectivity index (χ0) is 16.0. The van der Waals surface area contributed by atoms with Crippen LogP contribution in [0.1, 0.15) is 17.7 Å². The van der Waals surface area contributed by atoms with Gasteiger partial charge in [-0.1, -0.05) is 0 Å². The number of amides is 2. The molecule has 0 aromatic carbocycles. The van der Waals surface area contributed by atoms with Crippen LogP contribution in [0.25, 0.3) is 0 Å². The fraction of sp³-hybridized carbons (Fsp3) is 0.533. The second-order valence-corrected chi connectivity index (χ2v) is 6.25. The number of aromatic nitrogens is 3. The number of anilines is 1. The molecule has 8 heteroatoms. The number of nitrogens with zero attached hydrogens (tertiary/aromatic N) is 6. The minimum atomic E-state index is 0.0408.